The molecule has 0 radical (unpaired) electrons. The molecule has 2 rings (SSSR count). The summed E-state index contributed by atoms with van der Waals surface area (Å²) in [7, 11) is 0. The van der Waals surface area contributed by atoms with E-state index >= 15 is 0 Å². The van der Waals surface area contributed by atoms with Gasteiger partial charge in [-0.2, -0.15) is 4.98 Å². The first-order chi connectivity index (χ1) is 8.59. The van der Waals surface area contributed by atoms with Crippen molar-refractivity contribution in [2.45, 2.75) is 32.6 Å². The van der Waals surface area contributed by atoms with Crippen LogP contribution in [0.2, 0.25) is 0 Å². The largest absolute Gasteiger partial charge is 0.338 e. The van der Waals surface area contributed by atoms with E-state index in [2.05, 4.69) is 20.1 Å². The number of hydrogen-bond acceptors (Lipinski definition) is 6. The molecule has 0 amide bonds. The second-order valence-electron chi connectivity index (χ2n) is 4.63. The lowest BCUT2D eigenvalue weighted by molar-refractivity contribution is 0.291. The van der Waals surface area contributed by atoms with Gasteiger partial charge in [-0.25, -0.2) is 9.97 Å². The van der Waals surface area contributed by atoms with Crippen LogP contribution in [0.25, 0.3) is 11.6 Å². The van der Waals surface area contributed by atoms with Gasteiger partial charge >= 0.3 is 0 Å². The van der Waals surface area contributed by atoms with E-state index in [1.165, 1.54) is 0 Å². The molecule has 0 aliphatic carbocycles. The topological polar surface area (TPSA) is 90.7 Å². The van der Waals surface area contributed by atoms with Crippen LogP contribution in [-0.4, -0.2) is 26.7 Å². The molecular weight excluding hydrogens is 230 g/mol. The number of hydrogen-bond donors (Lipinski definition) is 1. The molecule has 2 aromatic rings. The summed E-state index contributed by atoms with van der Waals surface area (Å²) >= 11 is 0. The summed E-state index contributed by atoms with van der Waals surface area (Å²) in [4.78, 5) is 12.7. The molecular formula is C12H17N5O. The minimum atomic E-state index is -0.296. The summed E-state index contributed by atoms with van der Waals surface area (Å²) < 4.78 is 5.28. The molecule has 0 bridgehead atoms. The minimum Gasteiger partial charge on any atom is -0.338 e. The SMILES string of the molecule is CCC(C)(CN)c1nc(-c2ncc(C)cn2)no1. The number of nitrogens with zero attached hydrogens (tertiary/aromatic N) is 4. The number of rotatable bonds is 4. The first-order valence-corrected chi connectivity index (χ1v) is 5.92. The summed E-state index contributed by atoms with van der Waals surface area (Å²) in [5.41, 5.74) is 6.45. The molecule has 1 atom stereocenters. The van der Waals surface area contributed by atoms with Crippen molar-refractivity contribution in [3.63, 3.8) is 0 Å². The maximum atomic E-state index is 5.76. The fourth-order valence-corrected chi connectivity index (χ4v) is 1.45. The Morgan fingerprint density at radius 2 is 1.94 bits per heavy atom. The van der Waals surface area contributed by atoms with Crippen molar-refractivity contribution in [2.75, 3.05) is 6.54 Å². The van der Waals surface area contributed by atoms with Crippen molar-refractivity contribution < 1.29 is 4.52 Å². The maximum Gasteiger partial charge on any atom is 0.240 e. The van der Waals surface area contributed by atoms with Gasteiger partial charge in [-0.15, -0.1) is 0 Å². The molecule has 0 fully saturated rings. The molecule has 1 unspecified atom stereocenters. The number of aromatic nitrogens is 4. The highest BCUT2D eigenvalue weighted by molar-refractivity contribution is 5.41. The third kappa shape index (κ3) is 2.24. The smallest absolute Gasteiger partial charge is 0.240 e. The average Bonchev–Trinajstić information content (AvgIpc) is 2.89. The van der Waals surface area contributed by atoms with E-state index in [-0.39, 0.29) is 5.41 Å². The van der Waals surface area contributed by atoms with Crippen LogP contribution in [0, 0.1) is 6.92 Å². The molecule has 0 aliphatic rings. The van der Waals surface area contributed by atoms with Gasteiger partial charge in [0, 0.05) is 18.9 Å². The monoisotopic (exact) mass is 247 g/mol. The molecule has 0 saturated carbocycles. The van der Waals surface area contributed by atoms with E-state index in [4.69, 9.17) is 10.3 Å². The van der Waals surface area contributed by atoms with Crippen LogP contribution in [0.4, 0.5) is 0 Å². The van der Waals surface area contributed by atoms with Gasteiger partial charge in [-0.1, -0.05) is 12.1 Å². The van der Waals surface area contributed by atoms with Crippen molar-refractivity contribution in [3.05, 3.63) is 23.8 Å². The van der Waals surface area contributed by atoms with Gasteiger partial charge in [0.1, 0.15) is 0 Å². The number of nitrogens with two attached hydrogens (primary N) is 1. The predicted molar refractivity (Wildman–Crippen MR) is 66.8 cm³/mol. The summed E-state index contributed by atoms with van der Waals surface area (Å²) in [6.45, 7) is 6.42. The van der Waals surface area contributed by atoms with Crippen molar-refractivity contribution >= 4 is 0 Å². The van der Waals surface area contributed by atoms with Gasteiger partial charge in [-0.05, 0) is 25.8 Å². The Bertz CT molecular complexity index is 516. The predicted octanol–water partition coefficient (Wildman–Crippen LogP) is 1.46. The van der Waals surface area contributed by atoms with E-state index in [0.29, 0.717) is 24.1 Å². The number of aryl methyl sites for hydroxylation is 1. The molecule has 2 N–H and O–H groups in total. The van der Waals surface area contributed by atoms with Gasteiger partial charge in [-0.3, -0.25) is 0 Å². The van der Waals surface area contributed by atoms with Crippen molar-refractivity contribution in [1.82, 2.24) is 20.1 Å². The highest BCUT2D eigenvalue weighted by Gasteiger charge is 2.30. The van der Waals surface area contributed by atoms with Gasteiger partial charge in [0.25, 0.3) is 0 Å². The Morgan fingerprint density at radius 3 is 2.50 bits per heavy atom. The zero-order valence-electron chi connectivity index (χ0n) is 10.8. The second-order valence-corrected chi connectivity index (χ2v) is 4.63. The molecule has 0 aliphatic heterocycles. The van der Waals surface area contributed by atoms with Crippen molar-refractivity contribution in [3.8, 4) is 11.6 Å². The zero-order valence-corrected chi connectivity index (χ0v) is 10.8. The lowest BCUT2D eigenvalue weighted by atomic mass is 9.88. The summed E-state index contributed by atoms with van der Waals surface area (Å²) in [6, 6.07) is 0. The Hall–Kier alpha value is -1.82. The van der Waals surface area contributed by atoms with Crippen molar-refractivity contribution in [2.24, 2.45) is 5.73 Å². The standard InChI is InChI=1S/C12H17N5O/c1-4-12(3,7-13)11-16-10(17-18-11)9-14-5-8(2)6-15-9/h5-6H,4,7,13H2,1-3H3. The Kier molecular flexibility index (Phi) is 3.38. The van der Waals surface area contributed by atoms with E-state index in [9.17, 15) is 0 Å². The summed E-state index contributed by atoms with van der Waals surface area (Å²) in [5.74, 6) is 1.40. The first kappa shape index (κ1) is 12.6. The molecule has 6 heteroatoms. The summed E-state index contributed by atoms with van der Waals surface area (Å²) in [5, 5.41) is 3.91. The minimum absolute atomic E-state index is 0.296. The van der Waals surface area contributed by atoms with Crippen LogP contribution in [0.3, 0.4) is 0 Å². The summed E-state index contributed by atoms with van der Waals surface area (Å²) in [6.07, 6.45) is 4.28. The third-order valence-corrected chi connectivity index (χ3v) is 3.15. The highest BCUT2D eigenvalue weighted by atomic mass is 16.5. The van der Waals surface area contributed by atoms with Gasteiger partial charge in [0.15, 0.2) is 0 Å². The lowest BCUT2D eigenvalue weighted by Gasteiger charge is -2.20. The second kappa shape index (κ2) is 4.81. The molecule has 2 heterocycles. The van der Waals surface area contributed by atoms with Crippen LogP contribution in [0.15, 0.2) is 16.9 Å². The molecule has 0 saturated heterocycles. The van der Waals surface area contributed by atoms with E-state index in [1.807, 2.05) is 20.8 Å². The quantitative estimate of drug-likeness (QED) is 0.879. The third-order valence-electron chi connectivity index (χ3n) is 3.15. The van der Waals surface area contributed by atoms with E-state index in [1.54, 1.807) is 12.4 Å². The van der Waals surface area contributed by atoms with Gasteiger partial charge < -0.3 is 10.3 Å². The van der Waals surface area contributed by atoms with Crippen LogP contribution >= 0.6 is 0 Å². The Balaban J connectivity index is 2.33. The maximum absolute atomic E-state index is 5.76. The zero-order chi connectivity index (χ0) is 13.2. The van der Waals surface area contributed by atoms with E-state index in [0.717, 1.165) is 12.0 Å². The van der Waals surface area contributed by atoms with Crippen LogP contribution < -0.4 is 5.73 Å². The average molecular weight is 247 g/mol. The van der Waals surface area contributed by atoms with Gasteiger partial charge in [0.2, 0.25) is 17.5 Å². The Labute approximate surface area is 106 Å². The molecule has 0 spiro atoms. The molecule has 96 valence electrons. The molecule has 2 aromatic heterocycles. The molecule has 6 nitrogen and oxygen atoms in total. The van der Waals surface area contributed by atoms with Crippen LogP contribution in [-0.2, 0) is 5.41 Å². The van der Waals surface area contributed by atoms with Crippen LogP contribution in [0.5, 0.6) is 0 Å². The fourth-order valence-electron chi connectivity index (χ4n) is 1.45. The fraction of sp³-hybridized carbons (Fsp3) is 0.500. The van der Waals surface area contributed by atoms with E-state index < -0.39 is 0 Å². The lowest BCUT2D eigenvalue weighted by Crippen LogP contribution is -2.31. The normalized spacial score (nSPS) is 14.4. The van der Waals surface area contributed by atoms with Crippen molar-refractivity contribution in [1.29, 1.82) is 0 Å². The first-order valence-electron chi connectivity index (χ1n) is 5.92. The highest BCUT2D eigenvalue weighted by Crippen LogP contribution is 2.25. The van der Waals surface area contributed by atoms with Crippen LogP contribution in [0.1, 0.15) is 31.7 Å². The Morgan fingerprint density at radius 1 is 1.28 bits per heavy atom. The molecule has 0 aromatic carbocycles. The van der Waals surface area contributed by atoms with Gasteiger partial charge in [0.05, 0.1) is 5.41 Å². The molecule has 18 heavy (non-hydrogen) atoms.